The average molecular weight is 1100 g/mol. The molecule has 24 heteroatoms. The lowest BCUT2D eigenvalue weighted by Crippen LogP contribution is -2.48. The molecule has 6 atom stereocenters. The number of urea groups is 2. The van der Waals surface area contributed by atoms with Gasteiger partial charge in [-0.15, -0.1) is 0 Å². The number of carbonyl (C=O) groups is 7. The molecule has 6 amide bonds. The van der Waals surface area contributed by atoms with E-state index in [1.807, 2.05) is 66.7 Å². The number of hydrogen-bond acceptors (Lipinski definition) is 14. The van der Waals surface area contributed by atoms with Crippen LogP contribution in [0.15, 0.2) is 116 Å². The molecule has 0 aliphatic carbocycles. The molecule has 5 aliphatic rings. The molecule has 404 valence electrons. The van der Waals surface area contributed by atoms with Crippen LogP contribution in [-0.4, -0.2) is 156 Å². The molecular formula is C51H59Cl3N6O15. The van der Waals surface area contributed by atoms with Crippen molar-refractivity contribution in [3.63, 3.8) is 0 Å². The van der Waals surface area contributed by atoms with Gasteiger partial charge in [-0.3, -0.25) is 19.4 Å². The Balaban J connectivity index is 0.000000192. The van der Waals surface area contributed by atoms with Crippen LogP contribution in [0.5, 0.6) is 0 Å². The molecule has 0 radical (unpaired) electrons. The lowest BCUT2D eigenvalue weighted by Gasteiger charge is -2.30. The Morgan fingerprint density at radius 1 is 0.640 bits per heavy atom. The smallest absolute Gasteiger partial charge is 0.437 e. The van der Waals surface area contributed by atoms with Crippen LogP contribution in [-0.2, 0) is 67.7 Å². The Morgan fingerprint density at radius 2 is 1.08 bits per heavy atom. The molecule has 5 heterocycles. The number of fused-ring (bicyclic) bond motifs is 4. The fourth-order valence-electron chi connectivity index (χ4n) is 8.54. The van der Waals surface area contributed by atoms with Crippen molar-refractivity contribution in [2.45, 2.75) is 106 Å². The summed E-state index contributed by atoms with van der Waals surface area (Å²) in [6.45, 7) is 13.6. The van der Waals surface area contributed by atoms with Gasteiger partial charge in [0.1, 0.15) is 56.8 Å². The molecule has 3 aromatic rings. The van der Waals surface area contributed by atoms with Gasteiger partial charge in [0.25, 0.3) is 0 Å². The second kappa shape index (κ2) is 26.2. The van der Waals surface area contributed by atoms with Crippen molar-refractivity contribution in [3.8, 4) is 0 Å². The minimum atomic E-state index is -2.35. The number of rotatable bonds is 17. The number of likely N-dealkylation sites (tertiary alicyclic amines) is 1. The quantitative estimate of drug-likeness (QED) is 0.0448. The summed E-state index contributed by atoms with van der Waals surface area (Å²) >= 11 is 16.9. The van der Waals surface area contributed by atoms with E-state index in [-0.39, 0.29) is 62.9 Å². The number of esters is 2. The predicted octanol–water partition coefficient (Wildman–Crippen LogP) is 7.80. The van der Waals surface area contributed by atoms with E-state index < -0.39 is 57.9 Å². The van der Waals surface area contributed by atoms with E-state index in [4.69, 9.17) is 73.4 Å². The summed E-state index contributed by atoms with van der Waals surface area (Å²) in [5.74, 6) is -2.01. The van der Waals surface area contributed by atoms with Crippen LogP contribution in [0, 0.1) is 0 Å². The maximum absolute atomic E-state index is 12.8. The van der Waals surface area contributed by atoms with E-state index in [1.165, 1.54) is 37.0 Å². The summed E-state index contributed by atoms with van der Waals surface area (Å²) in [4.78, 5) is 106. The number of carboxylic acid groups (broad SMARTS) is 1. The number of ether oxygens (including phenoxy) is 4. The van der Waals surface area contributed by atoms with Gasteiger partial charge in [0, 0.05) is 38.9 Å². The van der Waals surface area contributed by atoms with E-state index >= 15 is 0 Å². The first-order valence-electron chi connectivity index (χ1n) is 23.7. The highest BCUT2D eigenvalue weighted by Gasteiger charge is 2.54. The van der Waals surface area contributed by atoms with Gasteiger partial charge in [-0.1, -0.05) is 116 Å². The van der Waals surface area contributed by atoms with Gasteiger partial charge in [-0.2, -0.15) is 15.2 Å². The molecule has 1 N–H and O–H groups in total. The van der Waals surface area contributed by atoms with E-state index in [1.54, 1.807) is 45.0 Å². The summed E-state index contributed by atoms with van der Waals surface area (Å²) in [5.41, 5.74) is 1.90. The second-order valence-electron chi connectivity index (χ2n) is 18.5. The largest absolute Gasteiger partial charge is 0.480 e. The number of benzene rings is 3. The van der Waals surface area contributed by atoms with Gasteiger partial charge >= 0.3 is 46.1 Å². The predicted molar refractivity (Wildman–Crippen MR) is 270 cm³/mol. The minimum Gasteiger partial charge on any atom is -0.480 e. The topological polar surface area (TPSA) is 224 Å². The third-order valence-electron chi connectivity index (χ3n) is 11.9. The summed E-state index contributed by atoms with van der Waals surface area (Å²) in [7, 11) is 0. The fraction of sp³-hybridized carbons (Fsp3) is 0.431. The molecule has 0 saturated carbocycles. The molecular weight excluding hydrogens is 1040 g/mol. The third kappa shape index (κ3) is 15.9. The zero-order valence-electron chi connectivity index (χ0n) is 41.5. The van der Waals surface area contributed by atoms with Crippen molar-refractivity contribution in [1.82, 2.24) is 29.9 Å². The van der Waals surface area contributed by atoms with Crippen molar-refractivity contribution in [3.05, 3.63) is 133 Å². The van der Waals surface area contributed by atoms with Gasteiger partial charge in [-0.05, 0) is 72.3 Å². The molecule has 8 rings (SSSR count). The highest BCUT2D eigenvalue weighted by Crippen LogP contribution is 2.35. The van der Waals surface area contributed by atoms with Gasteiger partial charge in [0.05, 0.1) is 18.1 Å². The lowest BCUT2D eigenvalue weighted by atomic mass is 10.1. The van der Waals surface area contributed by atoms with Crippen molar-refractivity contribution < 1.29 is 72.1 Å². The Kier molecular flexibility index (Phi) is 20.2. The highest BCUT2D eigenvalue weighted by atomic mass is 35.6. The molecule has 4 bridgehead atoms. The average Bonchev–Trinajstić information content (AvgIpc) is 4.22. The SMILES string of the molecule is C=CCOC(=O)[C@@H]1C[C@@H](N(OCc2ccccc2)C(=O)OC(Cl)(Cl)Cl)CN1C(=O)OC(C)(C)C.C=CCOC(=O)[C@@H]1C[C@@H]2CN1C(=O)N2OCc1ccccc1.O=C(O)[C@@H]1C[C@@H]2CN1C(=O)N2OCc1ccccc1. The Morgan fingerprint density at radius 3 is 1.51 bits per heavy atom. The summed E-state index contributed by atoms with van der Waals surface area (Å²) < 4.78 is 18.1. The van der Waals surface area contributed by atoms with Crippen molar-refractivity contribution in [2.24, 2.45) is 0 Å². The minimum absolute atomic E-state index is 0.0235. The highest BCUT2D eigenvalue weighted by molar-refractivity contribution is 6.66. The number of carboxylic acids is 1. The number of nitrogens with zero attached hydrogens (tertiary/aromatic N) is 6. The number of amides is 6. The van der Waals surface area contributed by atoms with E-state index in [9.17, 15) is 33.6 Å². The lowest BCUT2D eigenvalue weighted by molar-refractivity contribution is -0.169. The first kappa shape index (κ1) is 57.7. The number of hydroxylamine groups is 6. The molecule has 5 aliphatic heterocycles. The molecule has 21 nitrogen and oxygen atoms in total. The summed E-state index contributed by atoms with van der Waals surface area (Å²) in [6, 6.07) is 24.2. The monoisotopic (exact) mass is 1100 g/mol. The summed E-state index contributed by atoms with van der Waals surface area (Å²) in [6.07, 6.45) is 1.98. The Bertz CT molecular complexity index is 2490. The van der Waals surface area contributed by atoms with Gasteiger partial charge in [-0.25, -0.2) is 33.6 Å². The van der Waals surface area contributed by atoms with Crippen LogP contribution in [0.1, 0.15) is 56.7 Å². The van der Waals surface area contributed by atoms with E-state index in [2.05, 4.69) is 13.2 Å². The number of aliphatic carboxylic acids is 1. The normalized spacial score (nSPS) is 21.4. The standard InChI is InChI=1S/C22H27Cl3N2O7.C16H18N2O4.C13H14N2O4/c1-5-11-31-18(28)17-12-16(13-26(17)19(29)33-21(2,3)4)27(20(30)34-22(23,24)25)32-14-15-9-7-6-8-10-15;1-2-8-21-15(19)14-9-13-10-17(14)16(20)18(13)22-11-12-6-4-3-5-7-12;16-12(17)11-6-10-7-14(11)13(18)15(10)19-8-9-4-2-1-3-5-9/h5-10,16-17H,1,11-14H2,2-4H3;2-7,13-14H,1,8-11H2;1-5,10-11H,6-8H2,(H,16,17)/t16-,17+;13-,14+;10-,11+/m111/s1. The summed E-state index contributed by atoms with van der Waals surface area (Å²) in [5, 5.41) is 12.5. The molecule has 5 saturated heterocycles. The van der Waals surface area contributed by atoms with Crippen molar-refractivity contribution >= 4 is 77.0 Å². The van der Waals surface area contributed by atoms with Gasteiger partial charge in [0.15, 0.2) is 0 Å². The molecule has 3 aromatic carbocycles. The number of carbonyl (C=O) groups excluding carboxylic acids is 6. The van der Waals surface area contributed by atoms with Crippen molar-refractivity contribution in [1.29, 1.82) is 0 Å². The maximum Gasteiger partial charge on any atom is 0.437 e. The van der Waals surface area contributed by atoms with Crippen molar-refractivity contribution in [2.75, 3.05) is 32.8 Å². The van der Waals surface area contributed by atoms with Crippen LogP contribution in [0.3, 0.4) is 0 Å². The zero-order chi connectivity index (χ0) is 54.5. The van der Waals surface area contributed by atoms with E-state index in [0.29, 0.717) is 39.1 Å². The molecule has 0 spiro atoms. The maximum atomic E-state index is 12.8. The first-order valence-corrected chi connectivity index (χ1v) is 24.9. The van der Waals surface area contributed by atoms with Crippen LogP contribution < -0.4 is 0 Å². The fourth-order valence-corrected chi connectivity index (χ4v) is 8.74. The molecule has 5 fully saturated rings. The number of hydrogen-bond donors (Lipinski definition) is 1. The van der Waals surface area contributed by atoms with Crippen LogP contribution in [0.4, 0.5) is 19.2 Å². The van der Waals surface area contributed by atoms with Gasteiger partial charge in [0.2, 0.25) is 0 Å². The molecule has 75 heavy (non-hydrogen) atoms. The van der Waals surface area contributed by atoms with Gasteiger partial charge < -0.3 is 33.9 Å². The van der Waals surface area contributed by atoms with Crippen LogP contribution in [0.25, 0.3) is 0 Å². The Labute approximate surface area is 448 Å². The number of alkyl halides is 3. The third-order valence-corrected chi connectivity index (χ3v) is 12.1. The zero-order valence-corrected chi connectivity index (χ0v) is 43.7. The van der Waals surface area contributed by atoms with E-state index in [0.717, 1.165) is 21.8 Å². The first-order chi connectivity index (χ1) is 35.7. The molecule has 0 unspecified atom stereocenters. The van der Waals surface area contributed by atoms with Crippen LogP contribution >= 0.6 is 34.8 Å². The Hall–Kier alpha value is -6.62. The molecule has 0 aromatic heterocycles. The number of halogens is 3. The second-order valence-corrected chi connectivity index (χ2v) is 20.6. The van der Waals surface area contributed by atoms with Crippen LogP contribution in [0.2, 0.25) is 0 Å².